The predicted molar refractivity (Wildman–Crippen MR) is 82.2 cm³/mol. The summed E-state index contributed by atoms with van der Waals surface area (Å²) in [6, 6.07) is 7.80. The van der Waals surface area contributed by atoms with E-state index >= 15 is 0 Å². The summed E-state index contributed by atoms with van der Waals surface area (Å²) in [4.78, 5) is 8.45. The maximum Gasteiger partial charge on any atom is 0.248 e. The van der Waals surface area contributed by atoms with Gasteiger partial charge in [-0.2, -0.15) is 21.4 Å². The molecule has 0 saturated carbocycles. The van der Waals surface area contributed by atoms with Crippen LogP contribution in [0.1, 0.15) is 5.89 Å². The quantitative estimate of drug-likeness (QED) is 0.579. The molecule has 108 valence electrons. The zero-order chi connectivity index (χ0) is 14.8. The average molecular weight is 309 g/mol. The molecule has 22 heavy (non-hydrogen) atoms. The van der Waals surface area contributed by atoms with E-state index in [1.807, 2.05) is 39.7 Å². The number of hydrogen-bond donors (Lipinski definition) is 0. The molecule has 7 heteroatoms. The maximum atomic E-state index is 5.32. The molecule has 4 rings (SSSR count). The molecule has 0 saturated heterocycles. The van der Waals surface area contributed by atoms with Gasteiger partial charge >= 0.3 is 0 Å². The molecule has 0 aliphatic carbocycles. The Morgan fingerprint density at radius 1 is 1.05 bits per heavy atom. The Kier molecular flexibility index (Phi) is 3.24. The van der Waals surface area contributed by atoms with Crippen molar-refractivity contribution in [3.05, 3.63) is 59.5 Å². The van der Waals surface area contributed by atoms with Crippen molar-refractivity contribution < 1.29 is 4.52 Å². The molecule has 0 bridgehead atoms. The van der Waals surface area contributed by atoms with Crippen LogP contribution in [0, 0.1) is 0 Å². The maximum absolute atomic E-state index is 5.32. The molecule has 0 aromatic carbocycles. The Bertz CT molecular complexity index is 866. The van der Waals surface area contributed by atoms with Crippen molar-refractivity contribution in [1.82, 2.24) is 24.9 Å². The first-order chi connectivity index (χ1) is 10.9. The van der Waals surface area contributed by atoms with Crippen LogP contribution >= 0.6 is 11.3 Å². The summed E-state index contributed by atoms with van der Waals surface area (Å²) >= 11 is 1.60. The van der Waals surface area contributed by atoms with Gasteiger partial charge < -0.3 is 4.52 Å². The molecule has 0 N–H and O–H groups in total. The average Bonchev–Trinajstić information content (AvgIpc) is 3.30. The monoisotopic (exact) mass is 309 g/mol. The highest BCUT2D eigenvalue weighted by Gasteiger charge is 2.12. The summed E-state index contributed by atoms with van der Waals surface area (Å²) in [5.74, 6) is 1.13. The second-order valence-electron chi connectivity index (χ2n) is 4.63. The minimum absolute atomic E-state index is 0.432. The summed E-state index contributed by atoms with van der Waals surface area (Å²) in [6.45, 7) is 0.432. The zero-order valence-electron chi connectivity index (χ0n) is 11.5. The van der Waals surface area contributed by atoms with E-state index in [2.05, 4.69) is 20.2 Å². The normalized spacial score (nSPS) is 10.9. The molecular formula is C15H11N5OS. The van der Waals surface area contributed by atoms with Gasteiger partial charge in [-0.15, -0.1) is 0 Å². The number of aromatic nitrogens is 5. The largest absolute Gasteiger partial charge is 0.337 e. The van der Waals surface area contributed by atoms with Crippen LogP contribution in [0.15, 0.2) is 58.1 Å². The van der Waals surface area contributed by atoms with E-state index in [0.29, 0.717) is 18.3 Å². The minimum Gasteiger partial charge on any atom is -0.337 e. The van der Waals surface area contributed by atoms with E-state index in [1.165, 1.54) is 0 Å². The van der Waals surface area contributed by atoms with Gasteiger partial charge in [0.25, 0.3) is 0 Å². The van der Waals surface area contributed by atoms with Crippen molar-refractivity contribution in [2.75, 3.05) is 0 Å². The van der Waals surface area contributed by atoms with Crippen molar-refractivity contribution in [2.24, 2.45) is 0 Å². The third-order valence-electron chi connectivity index (χ3n) is 3.23. The summed E-state index contributed by atoms with van der Waals surface area (Å²) in [6.07, 6.45) is 5.27. The molecular weight excluding hydrogens is 298 g/mol. The van der Waals surface area contributed by atoms with Crippen molar-refractivity contribution >= 4 is 11.3 Å². The number of hydrogen-bond acceptors (Lipinski definition) is 6. The highest BCUT2D eigenvalue weighted by atomic mass is 32.1. The molecule has 0 fully saturated rings. The fraction of sp³-hybridized carbons (Fsp3) is 0.0667. The van der Waals surface area contributed by atoms with Gasteiger partial charge in [-0.3, -0.25) is 9.67 Å². The predicted octanol–water partition coefficient (Wildman–Crippen LogP) is 3.10. The van der Waals surface area contributed by atoms with Gasteiger partial charge in [0.15, 0.2) is 0 Å². The number of pyridine rings is 1. The fourth-order valence-electron chi connectivity index (χ4n) is 2.18. The van der Waals surface area contributed by atoms with Crippen molar-refractivity contribution in [3.63, 3.8) is 0 Å². The summed E-state index contributed by atoms with van der Waals surface area (Å²) in [5, 5.41) is 12.3. The third-order valence-corrected chi connectivity index (χ3v) is 3.91. The summed E-state index contributed by atoms with van der Waals surface area (Å²) in [7, 11) is 0. The van der Waals surface area contributed by atoms with Gasteiger partial charge in [-0.1, -0.05) is 5.16 Å². The van der Waals surface area contributed by atoms with Gasteiger partial charge in [0.05, 0.1) is 5.69 Å². The first-order valence-corrected chi connectivity index (χ1v) is 7.62. The van der Waals surface area contributed by atoms with Crippen molar-refractivity contribution in [2.45, 2.75) is 6.54 Å². The Hall–Kier alpha value is -2.80. The fourth-order valence-corrected chi connectivity index (χ4v) is 2.82. The highest BCUT2D eigenvalue weighted by Crippen LogP contribution is 2.21. The van der Waals surface area contributed by atoms with Crippen LogP contribution in [-0.4, -0.2) is 24.9 Å². The second kappa shape index (κ2) is 5.53. The van der Waals surface area contributed by atoms with E-state index in [1.54, 1.807) is 29.9 Å². The van der Waals surface area contributed by atoms with Crippen molar-refractivity contribution in [3.8, 4) is 22.6 Å². The Labute approximate surface area is 130 Å². The Morgan fingerprint density at radius 2 is 1.95 bits per heavy atom. The topological polar surface area (TPSA) is 69.6 Å². The third kappa shape index (κ3) is 2.42. The number of rotatable bonds is 4. The Morgan fingerprint density at radius 3 is 2.77 bits per heavy atom. The SMILES string of the molecule is c1cc(-c2ccnn2Cc2nc(-c3ccsc3)no2)ccn1. The van der Waals surface area contributed by atoms with Gasteiger partial charge in [-0.25, -0.2) is 0 Å². The molecule has 0 unspecified atom stereocenters. The molecule has 0 spiro atoms. The lowest BCUT2D eigenvalue weighted by Crippen LogP contribution is -2.04. The van der Waals surface area contributed by atoms with Crippen LogP contribution < -0.4 is 0 Å². The summed E-state index contributed by atoms with van der Waals surface area (Å²) < 4.78 is 7.16. The van der Waals surface area contributed by atoms with E-state index in [4.69, 9.17) is 4.52 Å². The van der Waals surface area contributed by atoms with Gasteiger partial charge in [0, 0.05) is 35.1 Å². The van der Waals surface area contributed by atoms with Gasteiger partial charge in [-0.05, 0) is 29.6 Å². The van der Waals surface area contributed by atoms with Gasteiger partial charge in [0.2, 0.25) is 11.7 Å². The lowest BCUT2D eigenvalue weighted by molar-refractivity contribution is 0.367. The standard InChI is InChI=1S/C15H11N5OS/c1-5-16-6-2-11(1)13-3-7-17-20(13)9-14-18-15(19-21-14)12-4-8-22-10-12/h1-8,10H,9H2. The number of nitrogens with zero attached hydrogens (tertiary/aromatic N) is 5. The smallest absolute Gasteiger partial charge is 0.248 e. The van der Waals surface area contributed by atoms with E-state index in [9.17, 15) is 0 Å². The van der Waals surface area contributed by atoms with Gasteiger partial charge in [0.1, 0.15) is 6.54 Å². The molecule has 6 nitrogen and oxygen atoms in total. The van der Waals surface area contributed by atoms with Crippen molar-refractivity contribution in [1.29, 1.82) is 0 Å². The first kappa shape index (κ1) is 12.9. The molecule has 4 aromatic rings. The molecule has 4 heterocycles. The lowest BCUT2D eigenvalue weighted by atomic mass is 10.2. The first-order valence-electron chi connectivity index (χ1n) is 6.67. The molecule has 0 aliphatic heterocycles. The molecule has 0 radical (unpaired) electrons. The summed E-state index contributed by atoms with van der Waals surface area (Å²) in [5.41, 5.74) is 3.00. The van der Waals surface area contributed by atoms with E-state index in [0.717, 1.165) is 16.8 Å². The molecule has 0 aliphatic rings. The van der Waals surface area contributed by atoms with Crippen LogP contribution in [0.2, 0.25) is 0 Å². The zero-order valence-corrected chi connectivity index (χ0v) is 12.3. The second-order valence-corrected chi connectivity index (χ2v) is 5.41. The van der Waals surface area contributed by atoms with Crippen LogP contribution in [0.4, 0.5) is 0 Å². The van der Waals surface area contributed by atoms with Crippen LogP contribution in [0.25, 0.3) is 22.6 Å². The van der Waals surface area contributed by atoms with E-state index in [-0.39, 0.29) is 0 Å². The minimum atomic E-state index is 0.432. The molecule has 0 atom stereocenters. The van der Waals surface area contributed by atoms with Crippen LogP contribution in [-0.2, 0) is 6.54 Å². The van der Waals surface area contributed by atoms with Crippen LogP contribution in [0.3, 0.4) is 0 Å². The highest BCUT2D eigenvalue weighted by molar-refractivity contribution is 7.08. The molecule has 0 amide bonds. The lowest BCUT2D eigenvalue weighted by Gasteiger charge is -2.04. The number of thiophene rings is 1. The Balaban J connectivity index is 1.61. The molecule has 4 aromatic heterocycles. The van der Waals surface area contributed by atoms with E-state index < -0.39 is 0 Å². The van der Waals surface area contributed by atoms with Crippen LogP contribution in [0.5, 0.6) is 0 Å².